The molecule has 0 aromatic heterocycles. The molecular weight excluding hydrogens is 226 g/mol. The van der Waals surface area contributed by atoms with Crippen LogP contribution in [-0.2, 0) is 9.59 Å². The fraction of sp³-hybridized carbons (Fsp3) is 0.818. The standard InChI is InChI=1S/C11H19NO3S/c1-12(5-2-11(14)15)10(13)8-9-3-6-16-7-4-9/h9H,2-8H2,1H3,(H,14,15). The van der Waals surface area contributed by atoms with Gasteiger partial charge in [-0.25, -0.2) is 0 Å². The van der Waals surface area contributed by atoms with E-state index >= 15 is 0 Å². The Morgan fingerprint density at radius 3 is 2.56 bits per heavy atom. The zero-order chi connectivity index (χ0) is 12.0. The third-order valence-corrected chi connectivity index (χ3v) is 3.94. The first-order valence-electron chi connectivity index (χ1n) is 5.63. The highest BCUT2D eigenvalue weighted by Crippen LogP contribution is 2.25. The van der Waals surface area contributed by atoms with Gasteiger partial charge in [-0.15, -0.1) is 0 Å². The molecular formula is C11H19NO3S. The summed E-state index contributed by atoms with van der Waals surface area (Å²) in [7, 11) is 1.68. The lowest BCUT2D eigenvalue weighted by Crippen LogP contribution is -2.31. The van der Waals surface area contributed by atoms with Crippen LogP contribution in [0.5, 0.6) is 0 Å². The monoisotopic (exact) mass is 245 g/mol. The van der Waals surface area contributed by atoms with Crippen LogP contribution in [0.25, 0.3) is 0 Å². The fourth-order valence-electron chi connectivity index (χ4n) is 1.74. The highest BCUT2D eigenvalue weighted by atomic mass is 32.2. The van der Waals surface area contributed by atoms with Crippen molar-refractivity contribution < 1.29 is 14.7 Å². The van der Waals surface area contributed by atoms with Gasteiger partial charge in [0.1, 0.15) is 0 Å². The average Bonchev–Trinajstić information content (AvgIpc) is 2.27. The van der Waals surface area contributed by atoms with E-state index in [1.54, 1.807) is 7.05 Å². The van der Waals surface area contributed by atoms with Crippen LogP contribution in [0.15, 0.2) is 0 Å². The summed E-state index contributed by atoms with van der Waals surface area (Å²) in [5, 5.41) is 8.52. The summed E-state index contributed by atoms with van der Waals surface area (Å²) in [6.07, 6.45) is 2.84. The highest BCUT2D eigenvalue weighted by molar-refractivity contribution is 7.99. The molecule has 0 bridgehead atoms. The van der Waals surface area contributed by atoms with Crippen LogP contribution >= 0.6 is 11.8 Å². The number of carboxylic acids is 1. The second kappa shape index (κ2) is 6.78. The SMILES string of the molecule is CN(CCC(=O)O)C(=O)CC1CCSCC1. The summed E-state index contributed by atoms with van der Waals surface area (Å²) < 4.78 is 0. The molecule has 1 saturated heterocycles. The highest BCUT2D eigenvalue weighted by Gasteiger charge is 2.19. The van der Waals surface area contributed by atoms with Gasteiger partial charge in [0.05, 0.1) is 6.42 Å². The van der Waals surface area contributed by atoms with Gasteiger partial charge in [-0.2, -0.15) is 11.8 Å². The molecule has 1 aliphatic rings. The topological polar surface area (TPSA) is 57.6 Å². The maximum Gasteiger partial charge on any atom is 0.305 e. The van der Waals surface area contributed by atoms with Crippen LogP contribution in [0.4, 0.5) is 0 Å². The van der Waals surface area contributed by atoms with E-state index in [4.69, 9.17) is 5.11 Å². The quantitative estimate of drug-likeness (QED) is 0.796. The predicted octanol–water partition coefficient (Wildman–Crippen LogP) is 1.45. The number of rotatable bonds is 5. The Morgan fingerprint density at radius 2 is 2.00 bits per heavy atom. The van der Waals surface area contributed by atoms with E-state index in [9.17, 15) is 9.59 Å². The van der Waals surface area contributed by atoms with Gasteiger partial charge in [-0.3, -0.25) is 9.59 Å². The number of hydrogen-bond acceptors (Lipinski definition) is 3. The van der Waals surface area contributed by atoms with E-state index in [0.29, 0.717) is 18.9 Å². The molecule has 1 fully saturated rings. The third-order valence-electron chi connectivity index (χ3n) is 2.89. The average molecular weight is 245 g/mol. The summed E-state index contributed by atoms with van der Waals surface area (Å²) in [6.45, 7) is 0.315. The first-order valence-corrected chi connectivity index (χ1v) is 6.78. The Bertz CT molecular complexity index is 252. The molecule has 5 heteroatoms. The summed E-state index contributed by atoms with van der Waals surface area (Å²) in [6, 6.07) is 0. The van der Waals surface area contributed by atoms with E-state index in [2.05, 4.69) is 0 Å². The van der Waals surface area contributed by atoms with Gasteiger partial charge in [0.15, 0.2) is 0 Å². The number of carbonyl (C=O) groups excluding carboxylic acids is 1. The lowest BCUT2D eigenvalue weighted by atomic mass is 9.98. The minimum absolute atomic E-state index is 0.0305. The largest absolute Gasteiger partial charge is 0.481 e. The van der Waals surface area contributed by atoms with Crippen molar-refractivity contribution in [2.75, 3.05) is 25.1 Å². The van der Waals surface area contributed by atoms with Crippen LogP contribution in [0.1, 0.15) is 25.7 Å². The molecule has 4 nitrogen and oxygen atoms in total. The van der Waals surface area contributed by atoms with Gasteiger partial charge in [0.2, 0.25) is 5.91 Å². The zero-order valence-corrected chi connectivity index (χ0v) is 10.5. The Balaban J connectivity index is 2.24. The van der Waals surface area contributed by atoms with Gasteiger partial charge >= 0.3 is 5.97 Å². The molecule has 0 saturated carbocycles. The van der Waals surface area contributed by atoms with Crippen LogP contribution in [0.2, 0.25) is 0 Å². The van der Waals surface area contributed by atoms with Crippen molar-refractivity contribution in [3.63, 3.8) is 0 Å². The van der Waals surface area contributed by atoms with Crippen molar-refractivity contribution in [2.45, 2.75) is 25.7 Å². The minimum Gasteiger partial charge on any atom is -0.481 e. The maximum atomic E-state index is 11.7. The number of thioether (sulfide) groups is 1. The molecule has 16 heavy (non-hydrogen) atoms. The van der Waals surface area contributed by atoms with Crippen LogP contribution in [-0.4, -0.2) is 47.0 Å². The molecule has 0 aromatic carbocycles. The summed E-state index contributed by atoms with van der Waals surface area (Å²) >= 11 is 1.95. The van der Waals surface area contributed by atoms with E-state index in [1.807, 2.05) is 11.8 Å². The summed E-state index contributed by atoms with van der Waals surface area (Å²) in [4.78, 5) is 23.7. The third kappa shape index (κ3) is 4.88. The van der Waals surface area contributed by atoms with E-state index in [-0.39, 0.29) is 12.3 Å². The Hall–Kier alpha value is -0.710. The van der Waals surface area contributed by atoms with Crippen molar-refractivity contribution in [1.82, 2.24) is 4.90 Å². The molecule has 0 aromatic rings. The second-order valence-electron chi connectivity index (χ2n) is 4.22. The Kier molecular flexibility index (Phi) is 5.66. The van der Waals surface area contributed by atoms with Crippen molar-refractivity contribution >= 4 is 23.6 Å². The predicted molar refractivity (Wildman–Crippen MR) is 64.6 cm³/mol. The molecule has 0 atom stereocenters. The van der Waals surface area contributed by atoms with Crippen molar-refractivity contribution in [1.29, 1.82) is 0 Å². The molecule has 0 spiro atoms. The van der Waals surface area contributed by atoms with Crippen molar-refractivity contribution in [2.24, 2.45) is 5.92 Å². The summed E-state index contributed by atoms with van der Waals surface area (Å²) in [5.41, 5.74) is 0. The first-order chi connectivity index (χ1) is 7.59. The lowest BCUT2D eigenvalue weighted by molar-refractivity contribution is -0.138. The smallest absolute Gasteiger partial charge is 0.305 e. The van der Waals surface area contributed by atoms with Gasteiger partial charge in [0, 0.05) is 20.0 Å². The van der Waals surface area contributed by atoms with Crippen molar-refractivity contribution in [3.05, 3.63) is 0 Å². The normalized spacial score (nSPS) is 17.1. The Labute approximate surface area is 100 Å². The molecule has 1 aliphatic heterocycles. The number of aliphatic carboxylic acids is 1. The molecule has 1 heterocycles. The van der Waals surface area contributed by atoms with E-state index in [1.165, 1.54) is 4.90 Å². The number of hydrogen-bond donors (Lipinski definition) is 1. The molecule has 92 valence electrons. The number of nitrogens with zero attached hydrogens (tertiary/aromatic N) is 1. The number of carbonyl (C=O) groups is 2. The second-order valence-corrected chi connectivity index (χ2v) is 5.44. The molecule has 1 N–H and O–H groups in total. The van der Waals surface area contributed by atoms with Crippen molar-refractivity contribution in [3.8, 4) is 0 Å². The van der Waals surface area contributed by atoms with Crippen LogP contribution < -0.4 is 0 Å². The molecule has 0 radical (unpaired) electrons. The van der Waals surface area contributed by atoms with E-state index < -0.39 is 5.97 Å². The van der Waals surface area contributed by atoms with Gasteiger partial charge in [0.25, 0.3) is 0 Å². The van der Waals surface area contributed by atoms with Gasteiger partial charge < -0.3 is 10.0 Å². The number of amides is 1. The van der Waals surface area contributed by atoms with E-state index in [0.717, 1.165) is 24.3 Å². The summed E-state index contributed by atoms with van der Waals surface area (Å²) in [5.74, 6) is 2.03. The molecule has 1 amide bonds. The van der Waals surface area contributed by atoms with Gasteiger partial charge in [-0.1, -0.05) is 0 Å². The first kappa shape index (κ1) is 13.4. The molecule has 1 rings (SSSR count). The maximum absolute atomic E-state index is 11.7. The zero-order valence-electron chi connectivity index (χ0n) is 9.65. The number of carboxylic acid groups (broad SMARTS) is 1. The Morgan fingerprint density at radius 1 is 1.38 bits per heavy atom. The minimum atomic E-state index is -0.853. The van der Waals surface area contributed by atoms with Gasteiger partial charge in [-0.05, 0) is 30.3 Å². The van der Waals surface area contributed by atoms with Crippen LogP contribution in [0.3, 0.4) is 0 Å². The molecule has 0 unspecified atom stereocenters. The lowest BCUT2D eigenvalue weighted by Gasteiger charge is -2.23. The molecule has 0 aliphatic carbocycles. The fourth-order valence-corrected chi connectivity index (χ4v) is 2.95. The van der Waals surface area contributed by atoms with Crippen LogP contribution in [0, 0.1) is 5.92 Å².